The summed E-state index contributed by atoms with van der Waals surface area (Å²) in [6.07, 6.45) is -2.38. The molecule has 0 amide bonds. The van der Waals surface area contributed by atoms with E-state index in [4.69, 9.17) is 11.6 Å². The van der Waals surface area contributed by atoms with Gasteiger partial charge in [0.05, 0.1) is 5.92 Å². The molecular weight excluding hydrogens is 193 g/mol. The zero-order chi connectivity index (χ0) is 9.35. The quantitative estimate of drug-likeness (QED) is 0.589. The summed E-state index contributed by atoms with van der Waals surface area (Å²) in [6.45, 7) is 0. The van der Waals surface area contributed by atoms with Crippen LogP contribution in [-0.4, -0.2) is 12.5 Å². The summed E-state index contributed by atoms with van der Waals surface area (Å²) in [5.74, 6) is -1.33. The van der Waals surface area contributed by atoms with Gasteiger partial charge in [0, 0.05) is 10.6 Å². The van der Waals surface area contributed by atoms with E-state index in [0.29, 0.717) is 0 Å². The van der Waals surface area contributed by atoms with Crippen LogP contribution in [0.3, 0.4) is 0 Å². The Morgan fingerprint density at radius 3 is 2.33 bits per heavy atom. The Morgan fingerprint density at radius 1 is 1.42 bits per heavy atom. The summed E-state index contributed by atoms with van der Waals surface area (Å²) in [5, 5.41) is -0.0858. The maximum absolute atomic E-state index is 12.1. The van der Waals surface area contributed by atoms with Gasteiger partial charge in [-0.2, -0.15) is 13.2 Å². The van der Waals surface area contributed by atoms with E-state index in [1.165, 1.54) is 0 Å². The summed E-state index contributed by atoms with van der Waals surface area (Å²) in [7, 11) is 0. The van der Waals surface area contributed by atoms with Gasteiger partial charge in [0.15, 0.2) is 0 Å². The van der Waals surface area contributed by atoms with Crippen LogP contribution in [0.5, 0.6) is 0 Å². The van der Waals surface area contributed by atoms with Gasteiger partial charge in [-0.15, -0.1) is 0 Å². The first-order valence-corrected chi connectivity index (χ1v) is 3.44. The van der Waals surface area contributed by atoms with Crippen molar-refractivity contribution < 1.29 is 18.0 Å². The number of hydrogen-bond acceptors (Lipinski definition) is 1. The van der Waals surface area contributed by atoms with Crippen molar-refractivity contribution in [2.24, 2.45) is 5.92 Å². The molecule has 1 nitrogen and oxygen atoms in total. The van der Waals surface area contributed by atoms with Crippen molar-refractivity contribution in [2.45, 2.75) is 6.18 Å². The van der Waals surface area contributed by atoms with Gasteiger partial charge >= 0.3 is 6.18 Å². The number of carbonyl (C=O) groups is 1. The number of alkyl halides is 3. The van der Waals surface area contributed by atoms with Gasteiger partial charge in [0.25, 0.3) is 0 Å². The van der Waals surface area contributed by atoms with Crippen LogP contribution in [0.15, 0.2) is 22.8 Å². The van der Waals surface area contributed by atoms with Gasteiger partial charge < -0.3 is 4.79 Å². The van der Waals surface area contributed by atoms with Gasteiger partial charge in [-0.3, -0.25) is 0 Å². The van der Waals surface area contributed by atoms with Crippen LogP contribution in [0.1, 0.15) is 0 Å². The summed E-state index contributed by atoms with van der Waals surface area (Å²) in [6, 6.07) is 0. The van der Waals surface area contributed by atoms with Crippen molar-refractivity contribution in [1.29, 1.82) is 0 Å². The van der Waals surface area contributed by atoms with Crippen molar-refractivity contribution in [2.75, 3.05) is 0 Å². The van der Waals surface area contributed by atoms with Crippen molar-refractivity contribution in [1.82, 2.24) is 0 Å². The molecule has 66 valence electrons. The fourth-order valence-corrected chi connectivity index (χ4v) is 1.17. The Hall–Kier alpha value is -0.770. The van der Waals surface area contributed by atoms with Crippen LogP contribution in [0.25, 0.3) is 0 Å². The molecule has 0 aliphatic heterocycles. The molecule has 1 rings (SSSR count). The number of halogens is 4. The van der Waals surface area contributed by atoms with Crippen molar-refractivity contribution in [3.63, 3.8) is 0 Å². The third-order valence-corrected chi connectivity index (χ3v) is 1.88. The number of hydrogen-bond donors (Lipinski definition) is 0. The number of rotatable bonds is 1. The van der Waals surface area contributed by atoms with Gasteiger partial charge in [0.2, 0.25) is 0 Å². The summed E-state index contributed by atoms with van der Waals surface area (Å²) >= 11 is 5.36. The predicted molar refractivity (Wildman–Crippen MR) is 37.6 cm³/mol. The second-order valence-electron chi connectivity index (χ2n) is 2.29. The zero-order valence-electron chi connectivity index (χ0n) is 5.73. The highest BCUT2D eigenvalue weighted by Gasteiger charge is 2.41. The average molecular weight is 197 g/mol. The average Bonchev–Trinajstić information content (AvgIpc) is 2.29. The van der Waals surface area contributed by atoms with Gasteiger partial charge in [-0.05, 0) is 6.08 Å². The second kappa shape index (κ2) is 2.94. The van der Waals surface area contributed by atoms with Gasteiger partial charge in [-0.1, -0.05) is 17.7 Å². The first-order chi connectivity index (χ1) is 5.46. The lowest BCUT2D eigenvalue weighted by molar-refractivity contribution is -0.116. The van der Waals surface area contributed by atoms with E-state index in [1.807, 2.05) is 0 Å². The molecule has 0 fully saturated rings. The van der Waals surface area contributed by atoms with Crippen LogP contribution in [-0.2, 0) is 4.79 Å². The first kappa shape index (κ1) is 9.32. The maximum Gasteiger partial charge on any atom is 0.413 e. The Kier molecular flexibility index (Phi) is 2.28. The fraction of sp³-hybridized carbons (Fsp3) is 0.286. The largest absolute Gasteiger partial charge is 0.413 e. The van der Waals surface area contributed by atoms with Crippen molar-refractivity contribution in [3.05, 3.63) is 22.8 Å². The van der Waals surface area contributed by atoms with E-state index in [1.54, 1.807) is 0 Å². The summed E-state index contributed by atoms with van der Waals surface area (Å²) in [4.78, 5) is 10.2. The standard InChI is InChI=1S/C7H4ClF3O/c8-6-2-1-5(4(6)3-12)7(9,10)11/h1-4H/t4-/m0/s1. The molecule has 5 heteroatoms. The minimum Gasteiger partial charge on any atom is -0.302 e. The summed E-state index contributed by atoms with van der Waals surface area (Å²) in [5.41, 5.74) is -0.900. The number of allylic oxidation sites excluding steroid dienone is 4. The van der Waals surface area contributed by atoms with E-state index >= 15 is 0 Å². The Balaban J connectivity index is 2.92. The maximum atomic E-state index is 12.1. The molecule has 0 aromatic heterocycles. The molecule has 0 saturated carbocycles. The topological polar surface area (TPSA) is 17.1 Å². The molecular formula is C7H4ClF3O. The molecule has 0 bridgehead atoms. The molecule has 0 spiro atoms. The van der Waals surface area contributed by atoms with Gasteiger partial charge in [0.1, 0.15) is 6.29 Å². The van der Waals surface area contributed by atoms with Crippen molar-refractivity contribution in [3.8, 4) is 0 Å². The molecule has 1 aliphatic rings. The minimum absolute atomic E-state index is 0.0858. The Labute approximate surface area is 71.5 Å². The van der Waals surface area contributed by atoms with E-state index in [9.17, 15) is 18.0 Å². The molecule has 0 saturated heterocycles. The molecule has 12 heavy (non-hydrogen) atoms. The number of carbonyl (C=O) groups excluding carboxylic acids is 1. The van der Waals surface area contributed by atoms with E-state index in [-0.39, 0.29) is 11.3 Å². The molecule has 0 aromatic rings. The van der Waals surface area contributed by atoms with Gasteiger partial charge in [-0.25, -0.2) is 0 Å². The second-order valence-corrected chi connectivity index (χ2v) is 2.72. The van der Waals surface area contributed by atoms with Crippen LogP contribution in [0, 0.1) is 5.92 Å². The SMILES string of the molecule is O=C[C@@H]1C(Cl)=CC=C1C(F)(F)F. The minimum atomic E-state index is -4.47. The highest BCUT2D eigenvalue weighted by Crippen LogP contribution is 2.38. The third kappa shape index (κ3) is 1.53. The Morgan fingerprint density at radius 2 is 2.00 bits per heavy atom. The van der Waals surface area contributed by atoms with Crippen LogP contribution in [0.2, 0.25) is 0 Å². The lowest BCUT2D eigenvalue weighted by Crippen LogP contribution is -2.19. The van der Waals surface area contributed by atoms with Crippen LogP contribution >= 0.6 is 11.6 Å². The highest BCUT2D eigenvalue weighted by atomic mass is 35.5. The van der Waals surface area contributed by atoms with Crippen molar-refractivity contribution >= 4 is 17.9 Å². The molecule has 1 atom stereocenters. The smallest absolute Gasteiger partial charge is 0.302 e. The zero-order valence-corrected chi connectivity index (χ0v) is 6.49. The first-order valence-electron chi connectivity index (χ1n) is 3.06. The van der Waals surface area contributed by atoms with E-state index < -0.39 is 17.7 Å². The molecule has 0 heterocycles. The normalized spacial score (nSPS) is 23.5. The lowest BCUT2D eigenvalue weighted by atomic mass is 10.0. The van der Waals surface area contributed by atoms with E-state index in [2.05, 4.69) is 0 Å². The molecule has 0 radical (unpaired) electrons. The van der Waals surface area contributed by atoms with E-state index in [0.717, 1.165) is 12.2 Å². The lowest BCUT2D eigenvalue weighted by Gasteiger charge is -2.12. The fourth-order valence-electron chi connectivity index (χ4n) is 0.934. The monoisotopic (exact) mass is 196 g/mol. The molecule has 0 N–H and O–H groups in total. The van der Waals surface area contributed by atoms with Crippen LogP contribution < -0.4 is 0 Å². The highest BCUT2D eigenvalue weighted by molar-refractivity contribution is 6.31. The summed E-state index contributed by atoms with van der Waals surface area (Å²) < 4.78 is 36.2. The molecule has 1 aliphatic carbocycles. The third-order valence-electron chi connectivity index (χ3n) is 1.52. The Bertz CT molecular complexity index is 264. The molecule has 0 aromatic carbocycles. The van der Waals surface area contributed by atoms with Crippen LogP contribution in [0.4, 0.5) is 13.2 Å². The molecule has 0 unspecified atom stereocenters. The predicted octanol–water partition coefficient (Wildman–Crippen LogP) is 2.43. The number of aldehydes is 1.